The first-order chi connectivity index (χ1) is 31.0. The van der Waals surface area contributed by atoms with E-state index in [1.54, 1.807) is 0 Å². The Labute approximate surface area is 375 Å². The smallest absolute Gasteiger partial charge is 0.407 e. The van der Waals surface area contributed by atoms with Gasteiger partial charge in [-0.1, -0.05) is 240 Å². The van der Waals surface area contributed by atoms with Gasteiger partial charge in [-0.05, 0) is 45.0 Å². The number of aromatic nitrogens is 4. The van der Waals surface area contributed by atoms with Gasteiger partial charge in [0.15, 0.2) is 5.65 Å². The predicted molar refractivity (Wildman–Crippen MR) is 255 cm³/mol. The SMILES string of the molecule is O=C(O)N(CC=C(Br)c1cc(NC(c2ccccc2)(c2ccccc2)c2ccccc2)nc2c1nnn2C(c1ccccc1)(c1ccccc1)c1ccccc1)Cc1ccccc1. The highest BCUT2D eigenvalue weighted by Gasteiger charge is 2.42. The second kappa shape index (κ2) is 18.2. The van der Waals surface area contributed by atoms with Crippen LogP contribution in [0.2, 0.25) is 0 Å². The number of halogens is 1. The fourth-order valence-corrected chi connectivity index (χ4v) is 9.01. The number of benzene rings is 7. The van der Waals surface area contributed by atoms with E-state index < -0.39 is 17.2 Å². The maximum Gasteiger partial charge on any atom is 0.407 e. The van der Waals surface area contributed by atoms with Gasteiger partial charge >= 0.3 is 6.09 Å². The number of pyridine rings is 1. The van der Waals surface area contributed by atoms with Crippen molar-refractivity contribution in [2.45, 2.75) is 17.6 Å². The van der Waals surface area contributed by atoms with Crippen LogP contribution < -0.4 is 5.32 Å². The molecule has 9 aromatic rings. The molecule has 0 atom stereocenters. The first kappa shape index (κ1) is 40.8. The highest BCUT2D eigenvalue weighted by Crippen LogP contribution is 2.44. The van der Waals surface area contributed by atoms with Crippen molar-refractivity contribution in [3.63, 3.8) is 0 Å². The quantitative estimate of drug-likeness (QED) is 0.106. The van der Waals surface area contributed by atoms with Crippen molar-refractivity contribution in [3.05, 3.63) is 269 Å². The largest absolute Gasteiger partial charge is 0.465 e. The Morgan fingerprint density at radius 3 is 1.41 bits per heavy atom. The summed E-state index contributed by atoms with van der Waals surface area (Å²) >= 11 is 3.92. The molecule has 2 aromatic heterocycles. The molecule has 0 spiro atoms. The van der Waals surface area contributed by atoms with Crippen LogP contribution in [0.5, 0.6) is 0 Å². The fourth-order valence-electron chi connectivity index (χ4n) is 8.57. The summed E-state index contributed by atoms with van der Waals surface area (Å²) in [6.45, 7) is 0.332. The first-order valence-electron chi connectivity index (χ1n) is 20.7. The van der Waals surface area contributed by atoms with Crippen molar-refractivity contribution in [3.8, 4) is 0 Å². The van der Waals surface area contributed by atoms with Gasteiger partial charge in [0.1, 0.15) is 22.4 Å². The third-order valence-electron chi connectivity index (χ3n) is 11.5. The Balaban J connectivity index is 1.32. The monoisotopic (exact) mass is 886 g/mol. The summed E-state index contributed by atoms with van der Waals surface area (Å²) in [7, 11) is 0. The minimum Gasteiger partial charge on any atom is -0.465 e. The number of hydrogen-bond donors (Lipinski definition) is 2. The van der Waals surface area contributed by atoms with Crippen LogP contribution in [-0.4, -0.2) is 42.6 Å². The molecule has 8 nitrogen and oxygen atoms in total. The van der Waals surface area contributed by atoms with Crippen LogP contribution in [0, 0.1) is 0 Å². The molecule has 0 aliphatic rings. The average molecular weight is 888 g/mol. The third-order valence-corrected chi connectivity index (χ3v) is 12.2. The minimum absolute atomic E-state index is 0.107. The minimum atomic E-state index is -1.03. The Hall–Kier alpha value is -7.62. The molecule has 0 radical (unpaired) electrons. The van der Waals surface area contributed by atoms with Gasteiger partial charge in [-0.15, -0.1) is 5.10 Å². The number of fused-ring (bicyclic) bond motifs is 1. The zero-order valence-electron chi connectivity index (χ0n) is 34.2. The van der Waals surface area contributed by atoms with E-state index in [0.717, 1.165) is 38.9 Å². The van der Waals surface area contributed by atoms with Crippen molar-refractivity contribution in [2.75, 3.05) is 11.9 Å². The molecule has 0 saturated heterocycles. The Morgan fingerprint density at radius 1 is 0.603 bits per heavy atom. The molecule has 308 valence electrons. The molecule has 1 amide bonds. The van der Waals surface area contributed by atoms with E-state index in [9.17, 15) is 9.90 Å². The van der Waals surface area contributed by atoms with E-state index >= 15 is 0 Å². The van der Waals surface area contributed by atoms with E-state index in [4.69, 9.17) is 15.3 Å². The summed E-state index contributed by atoms with van der Waals surface area (Å²) in [5.74, 6) is 0.547. The van der Waals surface area contributed by atoms with Crippen LogP contribution in [0.4, 0.5) is 10.6 Å². The number of carbonyl (C=O) groups is 1. The maximum absolute atomic E-state index is 12.6. The average Bonchev–Trinajstić information content (AvgIpc) is 3.78. The molecule has 0 bridgehead atoms. The van der Waals surface area contributed by atoms with Crippen molar-refractivity contribution in [1.82, 2.24) is 24.9 Å². The molecule has 0 aliphatic heterocycles. The third kappa shape index (κ3) is 7.91. The molecular formula is C54H43BrN6O2. The van der Waals surface area contributed by atoms with Crippen LogP contribution in [0.15, 0.2) is 224 Å². The molecule has 2 heterocycles. The summed E-state index contributed by atoms with van der Waals surface area (Å²) in [5, 5.41) is 24.3. The van der Waals surface area contributed by atoms with Crippen LogP contribution >= 0.6 is 15.9 Å². The number of carboxylic acid groups (broad SMARTS) is 1. The summed E-state index contributed by atoms with van der Waals surface area (Å²) in [5.41, 5.74) is 6.62. The number of amides is 1. The molecule has 9 heteroatoms. The molecule has 0 saturated carbocycles. The number of hydrogen-bond acceptors (Lipinski definition) is 5. The molecule has 63 heavy (non-hydrogen) atoms. The molecule has 2 N–H and O–H groups in total. The molecule has 7 aromatic carbocycles. The number of nitrogens with zero attached hydrogens (tertiary/aromatic N) is 5. The van der Waals surface area contributed by atoms with Crippen molar-refractivity contribution < 1.29 is 9.90 Å². The lowest BCUT2D eigenvalue weighted by atomic mass is 9.77. The molecule has 9 rings (SSSR count). The first-order valence-corrected chi connectivity index (χ1v) is 21.5. The van der Waals surface area contributed by atoms with Gasteiger partial charge in [0.05, 0.1) is 0 Å². The van der Waals surface area contributed by atoms with Crippen LogP contribution in [-0.2, 0) is 17.6 Å². The van der Waals surface area contributed by atoms with Crippen molar-refractivity contribution in [2.24, 2.45) is 0 Å². The predicted octanol–water partition coefficient (Wildman–Crippen LogP) is 12.0. The zero-order chi connectivity index (χ0) is 43.1. The standard InChI is InChI=1S/C54H43BrN6O2/c55-48(36-37-60(52(62)63)39-40-22-8-1-9-23-40)47-38-49(57-53(41-24-10-2-11-25-41,42-26-12-3-13-27-42)43-28-14-4-15-29-43)56-51-50(47)58-59-61(51)54(44-30-16-5-17-31-44,45-32-18-6-19-33-45)46-34-20-7-21-35-46/h1-36,38H,37,39H2,(H,56,57)(H,62,63). The van der Waals surface area contributed by atoms with Gasteiger partial charge in [-0.25, -0.2) is 14.5 Å². The lowest BCUT2D eigenvalue weighted by molar-refractivity contribution is 0.148. The van der Waals surface area contributed by atoms with Gasteiger partial charge in [0.25, 0.3) is 0 Å². The van der Waals surface area contributed by atoms with Gasteiger partial charge in [-0.3, -0.25) is 0 Å². The molecule has 0 unspecified atom stereocenters. The van der Waals surface area contributed by atoms with E-state index in [0.29, 0.717) is 27.0 Å². The molecule has 0 fully saturated rings. The highest BCUT2D eigenvalue weighted by molar-refractivity contribution is 9.15. The lowest BCUT2D eigenvalue weighted by Gasteiger charge is -2.38. The van der Waals surface area contributed by atoms with E-state index in [2.05, 4.69) is 130 Å². The Morgan fingerprint density at radius 2 is 1.00 bits per heavy atom. The maximum atomic E-state index is 12.6. The number of nitrogens with one attached hydrogen (secondary N) is 1. The van der Waals surface area contributed by atoms with Crippen LogP contribution in [0.3, 0.4) is 0 Å². The van der Waals surface area contributed by atoms with Crippen LogP contribution in [0.1, 0.15) is 44.5 Å². The Bertz CT molecular complexity index is 2760. The normalized spacial score (nSPS) is 11.9. The van der Waals surface area contributed by atoms with Crippen molar-refractivity contribution >= 4 is 43.5 Å². The van der Waals surface area contributed by atoms with E-state index in [-0.39, 0.29) is 13.1 Å². The van der Waals surface area contributed by atoms with Crippen molar-refractivity contribution in [1.29, 1.82) is 0 Å². The summed E-state index contributed by atoms with van der Waals surface area (Å²) in [6, 6.07) is 73.7. The lowest BCUT2D eigenvalue weighted by Crippen LogP contribution is -2.39. The van der Waals surface area contributed by atoms with Gasteiger partial charge in [0.2, 0.25) is 0 Å². The Kier molecular flexibility index (Phi) is 11.7. The van der Waals surface area contributed by atoms with Gasteiger partial charge in [-0.2, -0.15) is 0 Å². The van der Waals surface area contributed by atoms with Gasteiger partial charge in [0, 0.05) is 23.1 Å². The topological polar surface area (TPSA) is 96.2 Å². The summed E-state index contributed by atoms with van der Waals surface area (Å²) in [6.07, 6.45) is 0.840. The van der Waals surface area contributed by atoms with Gasteiger partial charge < -0.3 is 15.3 Å². The highest BCUT2D eigenvalue weighted by atomic mass is 79.9. The molecular weight excluding hydrogens is 845 g/mol. The van der Waals surface area contributed by atoms with Crippen LogP contribution in [0.25, 0.3) is 15.6 Å². The summed E-state index contributed by atoms with van der Waals surface area (Å²) in [4.78, 5) is 19.5. The summed E-state index contributed by atoms with van der Waals surface area (Å²) < 4.78 is 2.57. The van der Waals surface area contributed by atoms with E-state index in [1.807, 2.05) is 120 Å². The second-order valence-electron chi connectivity index (χ2n) is 15.2. The molecule has 0 aliphatic carbocycles. The number of rotatable bonds is 14. The number of anilines is 1. The van der Waals surface area contributed by atoms with E-state index in [1.165, 1.54) is 4.90 Å². The zero-order valence-corrected chi connectivity index (χ0v) is 35.8. The fraction of sp³-hybridized carbons (Fsp3) is 0.0741. The second-order valence-corrected chi connectivity index (χ2v) is 16.1.